The minimum Gasteiger partial charge on any atom is -0.355 e. The van der Waals surface area contributed by atoms with E-state index >= 15 is 0 Å². The van der Waals surface area contributed by atoms with Crippen LogP contribution in [0.4, 0.5) is 22.9 Å². The van der Waals surface area contributed by atoms with Crippen LogP contribution < -0.4 is 9.13 Å². The molecular weight excluding hydrogens is 843 g/mol. The van der Waals surface area contributed by atoms with Gasteiger partial charge in [0.2, 0.25) is 0 Å². The first-order valence-corrected chi connectivity index (χ1v) is 20.3. The number of anilines is 4. The smallest absolute Gasteiger partial charge is 0.284 e. The summed E-state index contributed by atoms with van der Waals surface area (Å²) in [5.41, 5.74) is 9.56. The molecule has 2 aromatic heterocycles. The Morgan fingerprint density at radius 3 is 1.89 bits per heavy atom. The molecule has 0 amide bonds. The third kappa shape index (κ3) is 5.92. The monoisotopic (exact) mass is 894 g/mol. The minimum absolute atomic E-state index is 0. The van der Waals surface area contributed by atoms with Crippen LogP contribution in [0.3, 0.4) is 0 Å². The van der Waals surface area contributed by atoms with Gasteiger partial charge in [0.1, 0.15) is 5.82 Å². The predicted octanol–water partition coefficient (Wildman–Crippen LogP) is 12.1. The van der Waals surface area contributed by atoms with E-state index < -0.39 is 8.40 Å². The summed E-state index contributed by atoms with van der Waals surface area (Å²) >= 11 is 0. The van der Waals surface area contributed by atoms with E-state index in [2.05, 4.69) is 192 Å². The first kappa shape index (κ1) is 38.4. The quantitative estimate of drug-likeness (QED) is 0.131. The summed E-state index contributed by atoms with van der Waals surface area (Å²) in [5, 5.41) is 4.76. The number of benzene rings is 4. The molecule has 0 spiro atoms. The van der Waals surface area contributed by atoms with Crippen LogP contribution in [-0.2, 0) is 30.9 Å². The minimum atomic E-state index is -2.51. The molecule has 2 aliphatic rings. The maximum absolute atomic E-state index is 4.91. The summed E-state index contributed by atoms with van der Waals surface area (Å²) in [7, 11) is -2.51. The number of nitrogens with zero attached hydrogens (tertiary/aromatic N) is 5. The Labute approximate surface area is 331 Å². The second kappa shape index (κ2) is 13.8. The van der Waals surface area contributed by atoms with Crippen LogP contribution in [0, 0.1) is 12.1 Å². The SMILES string of the molecule is CC(C)(C)[Si]1(C(C)(C)C)N(c2ccccc2)c2cccnc2N1c1[c-]cccc1.CC1(C)c2ccc[c-]c2-n2ncc(-c3ccccc3)c2C1(C)C.[Ir]. The zero-order chi connectivity index (χ0) is 37.1. The van der Waals surface area contributed by atoms with Crippen molar-refractivity contribution in [2.24, 2.45) is 0 Å². The fraction of sp³-hybridized carbons (Fsp3) is 0.304. The number of fused-ring (bicyclic) bond motifs is 4. The molecule has 0 bridgehead atoms. The van der Waals surface area contributed by atoms with Crippen molar-refractivity contribution in [2.45, 2.75) is 90.1 Å². The van der Waals surface area contributed by atoms with Crippen molar-refractivity contribution >= 4 is 31.3 Å². The molecule has 8 rings (SSSR count). The molecule has 5 nitrogen and oxygen atoms in total. The summed E-state index contributed by atoms with van der Waals surface area (Å²) in [4.78, 5) is 4.91. The van der Waals surface area contributed by atoms with Gasteiger partial charge in [0.25, 0.3) is 8.40 Å². The van der Waals surface area contributed by atoms with E-state index in [4.69, 9.17) is 10.1 Å². The number of aromatic nitrogens is 3. The normalized spacial score (nSPS) is 16.3. The Balaban J connectivity index is 0.000000182. The maximum Gasteiger partial charge on any atom is 0.284 e. The largest absolute Gasteiger partial charge is 0.355 e. The number of pyridine rings is 1. The van der Waals surface area contributed by atoms with Crippen LogP contribution in [0.2, 0.25) is 10.1 Å². The fourth-order valence-corrected chi connectivity index (χ4v) is 16.2. The molecule has 0 saturated heterocycles. The average molecular weight is 894 g/mol. The summed E-state index contributed by atoms with van der Waals surface area (Å²) in [6.45, 7) is 23.6. The first-order chi connectivity index (χ1) is 24.6. The molecule has 0 fully saturated rings. The van der Waals surface area contributed by atoms with Gasteiger partial charge in [-0.05, 0) is 51.0 Å². The summed E-state index contributed by atoms with van der Waals surface area (Å²) in [6.07, 6.45) is 3.91. The molecule has 1 radical (unpaired) electrons. The molecule has 0 unspecified atom stereocenters. The Hall–Kier alpha value is -4.29. The van der Waals surface area contributed by atoms with Gasteiger partial charge in [-0.15, -0.1) is 11.6 Å². The van der Waals surface area contributed by atoms with Gasteiger partial charge in [-0.3, -0.25) is 4.68 Å². The van der Waals surface area contributed by atoms with E-state index in [9.17, 15) is 0 Å². The third-order valence-corrected chi connectivity index (χ3v) is 18.1. The number of rotatable bonds is 3. The van der Waals surface area contributed by atoms with Crippen molar-refractivity contribution in [3.8, 4) is 16.8 Å². The second-order valence-corrected chi connectivity index (χ2v) is 22.4. The van der Waals surface area contributed by atoms with Crippen LogP contribution in [0.25, 0.3) is 16.8 Å². The van der Waals surface area contributed by atoms with Crippen molar-refractivity contribution in [2.75, 3.05) is 9.13 Å². The van der Waals surface area contributed by atoms with Gasteiger partial charge in [-0.2, -0.15) is 53.6 Å². The van der Waals surface area contributed by atoms with Gasteiger partial charge in [-0.25, -0.2) is 4.98 Å². The first-order valence-electron chi connectivity index (χ1n) is 18.4. The van der Waals surface area contributed by atoms with Crippen molar-refractivity contribution in [1.29, 1.82) is 0 Å². The van der Waals surface area contributed by atoms with E-state index in [0.29, 0.717) is 0 Å². The standard InChI is InChI=1S/C25H30N3Si.C21H21N2.Ir/c1-24(2,3)29(25(4,5)6)27(20-14-9-7-10-15-20)22-18-13-19-26-23(22)28(29)21-16-11-8-12-17-21;1-20(2)17-12-8-9-13-18(17)23-19(21(20,3)4)16(14-22-23)15-10-6-5-7-11-15;/h7-16,18-19H,1-6H3;5-12,14H,1-4H3;/q2*-1;. The third-order valence-electron chi connectivity index (χ3n) is 11.6. The maximum atomic E-state index is 4.91. The molecule has 4 heterocycles. The Morgan fingerprint density at radius 1 is 0.642 bits per heavy atom. The zero-order valence-corrected chi connectivity index (χ0v) is 36.1. The Morgan fingerprint density at radius 2 is 1.26 bits per heavy atom. The van der Waals surface area contributed by atoms with Gasteiger partial charge < -0.3 is 9.13 Å². The van der Waals surface area contributed by atoms with Crippen LogP contribution in [0.5, 0.6) is 0 Å². The summed E-state index contributed by atoms with van der Waals surface area (Å²) in [6, 6.07) is 47.1. The van der Waals surface area contributed by atoms with Crippen molar-refractivity contribution < 1.29 is 20.1 Å². The molecule has 0 N–H and O–H groups in total. The van der Waals surface area contributed by atoms with E-state index in [0.717, 1.165) is 17.2 Å². The van der Waals surface area contributed by atoms with Crippen LogP contribution in [0.1, 0.15) is 80.5 Å². The van der Waals surface area contributed by atoms with Crippen LogP contribution >= 0.6 is 0 Å². The molecule has 0 saturated carbocycles. The van der Waals surface area contributed by atoms with E-state index in [1.54, 1.807) is 0 Å². The molecule has 53 heavy (non-hydrogen) atoms. The predicted molar refractivity (Wildman–Crippen MR) is 219 cm³/mol. The van der Waals surface area contributed by atoms with Gasteiger partial charge >= 0.3 is 0 Å². The van der Waals surface area contributed by atoms with E-state index in [-0.39, 0.29) is 41.0 Å². The zero-order valence-electron chi connectivity index (χ0n) is 32.7. The topological polar surface area (TPSA) is 37.2 Å². The van der Waals surface area contributed by atoms with Crippen molar-refractivity contribution in [3.05, 3.63) is 151 Å². The second-order valence-electron chi connectivity index (χ2n) is 17.1. The Kier molecular flexibility index (Phi) is 10.0. The molecule has 6 aromatic rings. The van der Waals surface area contributed by atoms with Gasteiger partial charge in [0.15, 0.2) is 0 Å². The molecule has 2 aliphatic heterocycles. The van der Waals surface area contributed by atoms with Crippen molar-refractivity contribution in [1.82, 2.24) is 14.8 Å². The van der Waals surface area contributed by atoms with E-state index in [1.165, 1.54) is 33.8 Å². The fourth-order valence-electron chi connectivity index (χ4n) is 9.03. The Bertz CT molecular complexity index is 2080. The van der Waals surface area contributed by atoms with Gasteiger partial charge in [0.05, 0.1) is 17.6 Å². The van der Waals surface area contributed by atoms with Crippen LogP contribution in [-0.4, -0.2) is 23.2 Å². The van der Waals surface area contributed by atoms with Gasteiger partial charge in [-0.1, -0.05) is 123 Å². The number of hydrogen-bond donors (Lipinski definition) is 0. The van der Waals surface area contributed by atoms with Crippen LogP contribution in [0.15, 0.2) is 128 Å². The summed E-state index contributed by atoms with van der Waals surface area (Å²) in [5.74, 6) is 1.04. The molecule has 0 atom stereocenters. The number of para-hydroxylation sites is 3. The molecule has 4 aromatic carbocycles. The van der Waals surface area contributed by atoms with Gasteiger partial charge in [0, 0.05) is 43.0 Å². The summed E-state index contributed by atoms with van der Waals surface area (Å²) < 4.78 is 7.27. The molecule has 7 heteroatoms. The molecule has 0 aliphatic carbocycles. The number of hydrogen-bond acceptors (Lipinski definition) is 4. The van der Waals surface area contributed by atoms with Crippen molar-refractivity contribution in [3.63, 3.8) is 0 Å². The molecular formula is C46H51IrN5Si-2. The molecule has 275 valence electrons. The van der Waals surface area contributed by atoms with E-state index in [1.807, 2.05) is 30.6 Å². The average Bonchev–Trinajstić information content (AvgIpc) is 3.72.